The first-order valence-electron chi connectivity index (χ1n) is 11.3. The van der Waals surface area contributed by atoms with Gasteiger partial charge in [0, 0.05) is 24.7 Å². The van der Waals surface area contributed by atoms with Crippen LogP contribution < -0.4 is 5.32 Å². The maximum atomic E-state index is 13.1. The topological polar surface area (TPSA) is 63.5 Å². The zero-order valence-electron chi connectivity index (χ0n) is 17.5. The van der Waals surface area contributed by atoms with Crippen molar-refractivity contribution in [2.24, 2.45) is 11.3 Å². The van der Waals surface area contributed by atoms with Crippen molar-refractivity contribution in [3.8, 4) is 0 Å². The molecule has 1 amide bonds. The van der Waals surface area contributed by atoms with Crippen molar-refractivity contribution in [1.29, 1.82) is 0 Å². The number of carbonyl (C=O) groups excluding carboxylic acids is 1. The summed E-state index contributed by atoms with van der Waals surface area (Å²) in [5.41, 5.74) is 1.25. The lowest BCUT2D eigenvalue weighted by atomic mass is 9.59. The largest absolute Gasteiger partial charge is 0.385 e. The molecule has 0 atom stereocenters. The van der Waals surface area contributed by atoms with Crippen LogP contribution in [0.4, 0.5) is 0 Å². The average Bonchev–Trinajstić information content (AvgIpc) is 3.12. The van der Waals surface area contributed by atoms with E-state index in [1.54, 1.807) is 0 Å². The number of rotatable bonds is 7. The highest BCUT2D eigenvalue weighted by atomic mass is 35.5. The first kappa shape index (κ1) is 20.3. The van der Waals surface area contributed by atoms with Crippen LogP contribution in [-0.4, -0.2) is 40.9 Å². The Morgan fingerprint density at radius 1 is 1.20 bits per heavy atom. The van der Waals surface area contributed by atoms with Gasteiger partial charge >= 0.3 is 0 Å². The zero-order valence-corrected chi connectivity index (χ0v) is 18.2. The number of nitrogens with zero attached hydrogens (tertiary/aromatic N) is 1. The molecule has 1 aromatic heterocycles. The van der Waals surface area contributed by atoms with E-state index in [1.165, 1.54) is 38.5 Å². The Bertz CT molecular complexity index is 928. The molecule has 6 heteroatoms. The molecule has 5 nitrogen and oxygen atoms in total. The minimum atomic E-state index is -0.754. The minimum absolute atomic E-state index is 0.0570. The molecule has 3 saturated carbocycles. The smallest absolute Gasteiger partial charge is 0.253 e. The van der Waals surface area contributed by atoms with Crippen molar-refractivity contribution in [2.45, 2.75) is 63.5 Å². The minimum Gasteiger partial charge on any atom is -0.385 e. The van der Waals surface area contributed by atoms with Gasteiger partial charge in [0.25, 0.3) is 5.91 Å². The van der Waals surface area contributed by atoms with Crippen LogP contribution in [-0.2, 0) is 11.3 Å². The lowest BCUT2D eigenvalue weighted by Crippen LogP contribution is -2.50. The summed E-state index contributed by atoms with van der Waals surface area (Å²) in [6.07, 6.45) is 11.6. The molecular weight excluding hydrogens is 400 g/mol. The van der Waals surface area contributed by atoms with Gasteiger partial charge in [0.2, 0.25) is 0 Å². The third-order valence-electron chi connectivity index (χ3n) is 7.85. The van der Waals surface area contributed by atoms with Crippen LogP contribution in [0.25, 0.3) is 10.9 Å². The van der Waals surface area contributed by atoms with Gasteiger partial charge in [-0.2, -0.15) is 0 Å². The first-order valence-corrected chi connectivity index (χ1v) is 11.7. The second-order valence-corrected chi connectivity index (χ2v) is 10.2. The molecule has 2 bridgehead atoms. The van der Waals surface area contributed by atoms with Crippen LogP contribution in [0.15, 0.2) is 24.4 Å². The van der Waals surface area contributed by atoms with Crippen molar-refractivity contribution < 1.29 is 14.6 Å². The fourth-order valence-electron chi connectivity index (χ4n) is 5.73. The Hall–Kier alpha value is -1.56. The maximum absolute atomic E-state index is 13.1. The average molecular weight is 431 g/mol. The van der Waals surface area contributed by atoms with Crippen molar-refractivity contribution in [3.05, 3.63) is 35.0 Å². The monoisotopic (exact) mass is 430 g/mol. The van der Waals surface area contributed by atoms with Crippen LogP contribution in [0.3, 0.4) is 0 Å². The van der Waals surface area contributed by atoms with Gasteiger partial charge < -0.3 is 19.7 Å². The Kier molecular flexibility index (Phi) is 5.32. The fraction of sp³-hybridized carbons (Fsp3) is 0.625. The second-order valence-electron chi connectivity index (χ2n) is 9.83. The van der Waals surface area contributed by atoms with Gasteiger partial charge in [0.05, 0.1) is 29.3 Å². The lowest BCUT2D eigenvalue weighted by Gasteiger charge is -2.46. The maximum Gasteiger partial charge on any atom is 0.253 e. The number of carbonyl (C=O) groups is 1. The summed E-state index contributed by atoms with van der Waals surface area (Å²) >= 11 is 6.49. The van der Waals surface area contributed by atoms with E-state index in [2.05, 4.69) is 5.32 Å². The number of aromatic nitrogens is 1. The Morgan fingerprint density at radius 2 is 1.93 bits per heavy atom. The molecule has 2 heterocycles. The molecule has 4 aliphatic rings. The number of hydrogen-bond donors (Lipinski definition) is 2. The molecular formula is C24H31ClN2O3. The van der Waals surface area contributed by atoms with Gasteiger partial charge in [-0.1, -0.05) is 17.7 Å². The van der Waals surface area contributed by atoms with Gasteiger partial charge in [-0.15, -0.1) is 0 Å². The predicted molar refractivity (Wildman–Crippen MR) is 118 cm³/mol. The SMILES string of the molecule is O=C(NCCC12CCC(CC1)CC2)c1cn(CCC2(O)COC2)c2cccc(Cl)c12. The van der Waals surface area contributed by atoms with Crippen molar-refractivity contribution >= 4 is 28.4 Å². The summed E-state index contributed by atoms with van der Waals surface area (Å²) in [4.78, 5) is 13.1. The molecule has 30 heavy (non-hydrogen) atoms. The third kappa shape index (κ3) is 3.76. The van der Waals surface area contributed by atoms with E-state index in [0.717, 1.165) is 29.8 Å². The highest BCUT2D eigenvalue weighted by molar-refractivity contribution is 6.36. The zero-order chi connectivity index (χ0) is 20.8. The standard InChI is InChI=1S/C24H31ClN2O3/c25-19-2-1-3-20-21(19)18(14-27(20)13-11-24(29)15-30-16-24)22(28)26-12-10-23-7-4-17(5-8-23)6-9-23/h1-3,14,17,29H,4-13,15-16H2,(H,26,28). The highest BCUT2D eigenvalue weighted by Crippen LogP contribution is 2.51. The second kappa shape index (κ2) is 7.85. The van der Waals surface area contributed by atoms with Gasteiger partial charge in [-0.3, -0.25) is 4.79 Å². The molecule has 2 N–H and O–H groups in total. The van der Waals surface area contributed by atoms with Gasteiger partial charge in [-0.05, 0) is 74.8 Å². The number of ether oxygens (including phenoxy) is 1. The van der Waals surface area contributed by atoms with E-state index >= 15 is 0 Å². The van der Waals surface area contributed by atoms with Gasteiger partial charge in [0.15, 0.2) is 0 Å². The summed E-state index contributed by atoms with van der Waals surface area (Å²) in [5, 5.41) is 14.9. The third-order valence-corrected chi connectivity index (χ3v) is 8.16. The molecule has 4 fully saturated rings. The quantitative estimate of drug-likeness (QED) is 0.678. The number of aliphatic hydroxyl groups is 1. The number of aryl methyl sites for hydroxylation is 1. The molecule has 3 aliphatic carbocycles. The molecule has 6 rings (SSSR count). The van der Waals surface area contributed by atoms with E-state index in [4.69, 9.17) is 16.3 Å². The summed E-state index contributed by atoms with van der Waals surface area (Å²) < 4.78 is 7.18. The van der Waals surface area contributed by atoms with Crippen molar-refractivity contribution in [1.82, 2.24) is 9.88 Å². The van der Waals surface area contributed by atoms with E-state index in [9.17, 15) is 9.90 Å². The Morgan fingerprint density at radius 3 is 2.60 bits per heavy atom. The summed E-state index contributed by atoms with van der Waals surface area (Å²) in [6, 6.07) is 5.72. The van der Waals surface area contributed by atoms with E-state index in [0.29, 0.717) is 42.2 Å². The number of nitrogens with one attached hydrogen (secondary N) is 1. The molecule has 162 valence electrons. The van der Waals surface area contributed by atoms with Gasteiger partial charge in [0.1, 0.15) is 5.60 Å². The van der Waals surface area contributed by atoms with Crippen LogP contribution >= 0.6 is 11.6 Å². The van der Waals surface area contributed by atoms with Crippen LogP contribution in [0.5, 0.6) is 0 Å². The van der Waals surface area contributed by atoms with E-state index in [1.807, 2.05) is 29.0 Å². The lowest BCUT2D eigenvalue weighted by molar-refractivity contribution is -0.182. The number of fused-ring (bicyclic) bond motifs is 4. The van der Waals surface area contributed by atoms with E-state index in [-0.39, 0.29) is 5.91 Å². The number of benzene rings is 1. The summed E-state index contributed by atoms with van der Waals surface area (Å²) in [6.45, 7) is 2.09. The summed E-state index contributed by atoms with van der Waals surface area (Å²) in [7, 11) is 0. The Balaban J connectivity index is 1.29. The molecule has 1 aliphatic heterocycles. The number of hydrogen-bond acceptors (Lipinski definition) is 3. The normalized spacial score (nSPS) is 27.2. The molecule has 1 saturated heterocycles. The van der Waals surface area contributed by atoms with Crippen molar-refractivity contribution in [3.63, 3.8) is 0 Å². The predicted octanol–water partition coefficient (Wildman–Crippen LogP) is 4.54. The van der Waals surface area contributed by atoms with Crippen molar-refractivity contribution in [2.75, 3.05) is 19.8 Å². The highest BCUT2D eigenvalue weighted by Gasteiger charge is 2.40. The number of amides is 1. The molecule has 2 aromatic rings. The van der Waals surface area contributed by atoms with Crippen LogP contribution in [0.1, 0.15) is 61.7 Å². The fourth-order valence-corrected chi connectivity index (χ4v) is 6.00. The molecule has 0 unspecified atom stereocenters. The van der Waals surface area contributed by atoms with Gasteiger partial charge in [-0.25, -0.2) is 0 Å². The first-order chi connectivity index (χ1) is 14.5. The van der Waals surface area contributed by atoms with E-state index < -0.39 is 5.60 Å². The van der Waals surface area contributed by atoms with Crippen LogP contribution in [0, 0.1) is 11.3 Å². The molecule has 1 aromatic carbocycles. The molecule has 0 radical (unpaired) electrons. The molecule has 0 spiro atoms. The Labute approximate surface area is 182 Å². The van der Waals surface area contributed by atoms with Crippen LogP contribution in [0.2, 0.25) is 5.02 Å². The summed E-state index contributed by atoms with van der Waals surface area (Å²) in [5.74, 6) is 0.901. The number of halogens is 1.